The molecule has 152 valence electrons. The number of alkyl halides is 3. The van der Waals surface area contributed by atoms with Gasteiger partial charge in [-0.3, -0.25) is 4.79 Å². The molecule has 0 aliphatic carbocycles. The monoisotopic (exact) mass is 434 g/mol. The third kappa shape index (κ3) is 4.55. The molecular formula is C16H17F3N4O3S2. The van der Waals surface area contributed by atoms with Gasteiger partial charge in [-0.25, -0.2) is 13.4 Å². The highest BCUT2D eigenvalue weighted by atomic mass is 32.2. The molecule has 1 amide bonds. The van der Waals surface area contributed by atoms with E-state index in [0.717, 1.165) is 17.4 Å². The Hall–Kier alpha value is -2.34. The number of nitrogens with zero attached hydrogens (tertiary/aromatic N) is 2. The Labute approximate surface area is 163 Å². The average molecular weight is 434 g/mol. The van der Waals surface area contributed by atoms with Gasteiger partial charge < -0.3 is 16.0 Å². The molecule has 1 aromatic carbocycles. The van der Waals surface area contributed by atoms with Crippen molar-refractivity contribution < 1.29 is 26.4 Å². The fourth-order valence-corrected chi connectivity index (χ4v) is 4.81. The summed E-state index contributed by atoms with van der Waals surface area (Å²) in [5, 5.41) is 2.93. The number of halogens is 3. The number of aromatic nitrogens is 1. The third-order valence-corrected chi connectivity index (χ3v) is 6.79. The van der Waals surface area contributed by atoms with Gasteiger partial charge in [-0.2, -0.15) is 13.2 Å². The molecule has 2 aromatic rings. The number of carbonyl (C=O) groups excluding carboxylic acids is 1. The molecule has 1 fully saturated rings. The standard InChI is InChI=1S/C16H17F3N4O3S2/c17-16(18,19)11-4-2-1-3-10(11)9-21-14(24)12-13(20)27-15(22-12)23-5-7-28(25,26)8-6-23/h1-4H,5-9,20H2,(H,21,24). The third-order valence-electron chi connectivity index (χ3n) is 4.23. The SMILES string of the molecule is Nc1sc(N2CCS(=O)(=O)CC2)nc1C(=O)NCc1ccccc1C(F)(F)F. The Morgan fingerprint density at radius 2 is 1.89 bits per heavy atom. The number of hydrogen-bond acceptors (Lipinski definition) is 7. The molecule has 12 heteroatoms. The van der Waals surface area contributed by atoms with Crippen LogP contribution in [0.2, 0.25) is 0 Å². The topological polar surface area (TPSA) is 105 Å². The highest BCUT2D eigenvalue weighted by Gasteiger charge is 2.33. The summed E-state index contributed by atoms with van der Waals surface area (Å²) in [7, 11) is -3.07. The number of nitrogens with two attached hydrogens (primary N) is 1. The van der Waals surface area contributed by atoms with Crippen LogP contribution >= 0.6 is 11.3 Å². The molecule has 0 radical (unpaired) electrons. The lowest BCUT2D eigenvalue weighted by atomic mass is 10.1. The first-order valence-electron chi connectivity index (χ1n) is 8.22. The van der Waals surface area contributed by atoms with Crippen LogP contribution in [0, 0.1) is 0 Å². The van der Waals surface area contributed by atoms with E-state index < -0.39 is 27.5 Å². The smallest absolute Gasteiger partial charge is 0.389 e. The molecule has 28 heavy (non-hydrogen) atoms. The van der Waals surface area contributed by atoms with Crippen molar-refractivity contribution >= 4 is 37.2 Å². The summed E-state index contributed by atoms with van der Waals surface area (Å²) in [6, 6.07) is 4.96. The Kier molecular flexibility index (Phi) is 5.53. The van der Waals surface area contributed by atoms with Crippen molar-refractivity contribution in [2.24, 2.45) is 0 Å². The van der Waals surface area contributed by atoms with Gasteiger partial charge in [0.2, 0.25) is 0 Å². The zero-order valence-electron chi connectivity index (χ0n) is 14.5. The van der Waals surface area contributed by atoms with Gasteiger partial charge in [-0.05, 0) is 11.6 Å². The summed E-state index contributed by atoms with van der Waals surface area (Å²) in [5.41, 5.74) is 4.86. The number of nitrogen functional groups attached to an aromatic ring is 1. The maximum Gasteiger partial charge on any atom is 0.416 e. The number of hydrogen-bond donors (Lipinski definition) is 2. The van der Waals surface area contributed by atoms with Crippen LogP contribution in [-0.2, 0) is 22.6 Å². The van der Waals surface area contributed by atoms with Crippen LogP contribution in [0.15, 0.2) is 24.3 Å². The fourth-order valence-electron chi connectivity index (χ4n) is 2.73. The van der Waals surface area contributed by atoms with Crippen LogP contribution in [-0.4, -0.2) is 43.9 Å². The first-order chi connectivity index (χ1) is 13.1. The van der Waals surface area contributed by atoms with Gasteiger partial charge in [0, 0.05) is 19.6 Å². The van der Waals surface area contributed by atoms with Crippen LogP contribution in [0.1, 0.15) is 21.6 Å². The van der Waals surface area contributed by atoms with Gasteiger partial charge in [-0.15, -0.1) is 0 Å². The maximum absolute atomic E-state index is 13.0. The van der Waals surface area contributed by atoms with E-state index in [1.165, 1.54) is 18.2 Å². The van der Waals surface area contributed by atoms with E-state index in [0.29, 0.717) is 5.13 Å². The molecule has 0 unspecified atom stereocenters. The van der Waals surface area contributed by atoms with Gasteiger partial charge in [-0.1, -0.05) is 29.5 Å². The molecule has 1 aromatic heterocycles. The number of thiazole rings is 1. The Morgan fingerprint density at radius 3 is 2.54 bits per heavy atom. The molecular weight excluding hydrogens is 417 g/mol. The number of carbonyl (C=O) groups is 1. The van der Waals surface area contributed by atoms with Crippen LogP contribution in [0.25, 0.3) is 0 Å². The molecule has 0 bridgehead atoms. The molecule has 3 rings (SSSR count). The zero-order valence-corrected chi connectivity index (χ0v) is 16.1. The summed E-state index contributed by atoms with van der Waals surface area (Å²) >= 11 is 1.04. The van der Waals surface area contributed by atoms with Crippen LogP contribution in [0.3, 0.4) is 0 Å². The first-order valence-corrected chi connectivity index (χ1v) is 10.9. The molecule has 2 heterocycles. The molecule has 1 aliphatic rings. The van der Waals surface area contributed by atoms with E-state index >= 15 is 0 Å². The number of nitrogens with one attached hydrogen (secondary N) is 1. The van der Waals surface area contributed by atoms with Crippen molar-refractivity contribution in [3.8, 4) is 0 Å². The second-order valence-electron chi connectivity index (χ2n) is 6.19. The number of benzene rings is 1. The summed E-state index contributed by atoms with van der Waals surface area (Å²) < 4.78 is 62.1. The van der Waals surface area contributed by atoms with Crippen LogP contribution < -0.4 is 16.0 Å². The first kappa shape index (κ1) is 20.4. The highest BCUT2D eigenvalue weighted by Crippen LogP contribution is 2.32. The van der Waals surface area contributed by atoms with Gasteiger partial charge >= 0.3 is 6.18 Å². The molecule has 7 nitrogen and oxygen atoms in total. The number of anilines is 2. The second kappa shape index (κ2) is 7.59. The average Bonchev–Trinajstić information content (AvgIpc) is 3.01. The minimum Gasteiger partial charge on any atom is -0.389 e. The molecule has 0 atom stereocenters. The van der Waals surface area contributed by atoms with Gasteiger partial charge in [0.1, 0.15) is 5.00 Å². The van der Waals surface area contributed by atoms with Gasteiger partial charge in [0.25, 0.3) is 5.91 Å². The minimum absolute atomic E-state index is 0.0117. The maximum atomic E-state index is 13.0. The Bertz CT molecular complexity index is 975. The van der Waals surface area contributed by atoms with Crippen molar-refractivity contribution in [1.29, 1.82) is 0 Å². The fraction of sp³-hybridized carbons (Fsp3) is 0.375. The van der Waals surface area contributed by atoms with Crippen molar-refractivity contribution in [2.45, 2.75) is 12.7 Å². The quantitative estimate of drug-likeness (QED) is 0.762. The van der Waals surface area contributed by atoms with Crippen LogP contribution in [0.5, 0.6) is 0 Å². The van der Waals surface area contributed by atoms with Crippen molar-refractivity contribution in [3.63, 3.8) is 0 Å². The van der Waals surface area contributed by atoms with Crippen molar-refractivity contribution in [3.05, 3.63) is 41.1 Å². The molecule has 1 saturated heterocycles. The predicted octanol–water partition coefficient (Wildman–Crippen LogP) is 1.91. The van der Waals surface area contributed by atoms with Crippen molar-refractivity contribution in [1.82, 2.24) is 10.3 Å². The Balaban J connectivity index is 1.70. The number of rotatable bonds is 4. The van der Waals surface area contributed by atoms with E-state index in [2.05, 4.69) is 10.3 Å². The summed E-state index contributed by atoms with van der Waals surface area (Å²) in [5.74, 6) is -0.716. The van der Waals surface area contributed by atoms with E-state index in [4.69, 9.17) is 5.73 Å². The minimum atomic E-state index is -4.53. The summed E-state index contributed by atoms with van der Waals surface area (Å²) in [6.07, 6.45) is -4.53. The Morgan fingerprint density at radius 1 is 1.25 bits per heavy atom. The highest BCUT2D eigenvalue weighted by molar-refractivity contribution is 7.91. The largest absolute Gasteiger partial charge is 0.416 e. The second-order valence-corrected chi connectivity index (χ2v) is 9.50. The lowest BCUT2D eigenvalue weighted by Gasteiger charge is -2.25. The molecule has 3 N–H and O–H groups in total. The summed E-state index contributed by atoms with van der Waals surface area (Å²) in [4.78, 5) is 18.2. The molecule has 0 spiro atoms. The molecule has 0 saturated carbocycles. The molecule has 1 aliphatic heterocycles. The van der Waals surface area contributed by atoms with Crippen LogP contribution in [0.4, 0.5) is 23.3 Å². The predicted molar refractivity (Wildman–Crippen MR) is 100 cm³/mol. The lowest BCUT2D eigenvalue weighted by Crippen LogP contribution is -2.40. The van der Waals surface area contributed by atoms with Gasteiger partial charge in [0.05, 0.1) is 17.1 Å². The summed E-state index contributed by atoms with van der Waals surface area (Å²) in [6.45, 7) is 0.160. The van der Waals surface area contributed by atoms with E-state index in [-0.39, 0.29) is 47.4 Å². The number of sulfone groups is 1. The van der Waals surface area contributed by atoms with E-state index in [1.54, 1.807) is 4.90 Å². The lowest BCUT2D eigenvalue weighted by molar-refractivity contribution is -0.138. The van der Waals surface area contributed by atoms with Gasteiger partial charge in [0.15, 0.2) is 20.7 Å². The number of amides is 1. The normalized spacial score (nSPS) is 16.8. The van der Waals surface area contributed by atoms with Crippen molar-refractivity contribution in [2.75, 3.05) is 35.2 Å². The van der Waals surface area contributed by atoms with E-state index in [9.17, 15) is 26.4 Å². The van der Waals surface area contributed by atoms with E-state index in [1.807, 2.05) is 0 Å². The zero-order chi connectivity index (χ0) is 20.5.